The van der Waals surface area contributed by atoms with Crippen molar-refractivity contribution in [1.82, 2.24) is 26.3 Å². The maximum Gasteiger partial charge on any atom is 0.413 e. The number of ether oxygens (including phenoxy) is 2. The van der Waals surface area contributed by atoms with Crippen LogP contribution in [0.25, 0.3) is 11.1 Å². The molecule has 2 atom stereocenters. The number of hydrogen-bond acceptors (Lipinski definition) is 12. The molecule has 2 aromatic carbocycles. The van der Waals surface area contributed by atoms with Crippen molar-refractivity contribution in [2.24, 2.45) is 5.16 Å². The number of hydrogen-bond donors (Lipinski definition) is 6. The molecule has 1 aliphatic heterocycles. The highest BCUT2D eigenvalue weighted by Crippen LogP contribution is 2.44. The largest absolute Gasteiger partial charge is 0.478 e. The zero-order valence-electron chi connectivity index (χ0n) is 28.7. The number of thiazole rings is 1. The lowest BCUT2D eigenvalue weighted by Crippen LogP contribution is -2.72. The minimum Gasteiger partial charge on any atom is -0.478 e. The summed E-state index contributed by atoms with van der Waals surface area (Å²) in [6.07, 6.45) is -0.899. The number of carbonyl (C=O) groups is 5. The van der Waals surface area contributed by atoms with Crippen molar-refractivity contribution >= 4 is 52.2 Å². The van der Waals surface area contributed by atoms with Gasteiger partial charge >= 0.3 is 18.2 Å². The lowest BCUT2D eigenvalue weighted by molar-refractivity contribution is -0.153. The Hall–Kier alpha value is -5.55. The third-order valence-corrected chi connectivity index (χ3v) is 9.31. The van der Waals surface area contributed by atoms with Crippen LogP contribution in [0.15, 0.2) is 59.1 Å². The van der Waals surface area contributed by atoms with Gasteiger partial charge in [-0.3, -0.25) is 14.9 Å². The van der Waals surface area contributed by atoms with Crippen LogP contribution in [0, 0.1) is 0 Å². The summed E-state index contributed by atoms with van der Waals surface area (Å²) in [5, 5.41) is 28.6. The second-order valence-electron chi connectivity index (χ2n) is 13.5. The summed E-state index contributed by atoms with van der Waals surface area (Å²) in [6, 6.07) is 14.7. The van der Waals surface area contributed by atoms with E-state index >= 15 is 0 Å². The lowest BCUT2D eigenvalue weighted by atomic mass is 9.98. The van der Waals surface area contributed by atoms with Crippen LogP contribution < -0.4 is 26.6 Å². The molecule has 4 amide bonds. The van der Waals surface area contributed by atoms with E-state index in [-0.39, 0.29) is 55.0 Å². The molecule has 1 aromatic heterocycles. The Bertz CT molecular complexity index is 1860. The predicted octanol–water partition coefficient (Wildman–Crippen LogP) is 2.94. The molecule has 0 spiro atoms. The quantitative estimate of drug-likeness (QED) is 0.0613. The van der Waals surface area contributed by atoms with Gasteiger partial charge in [0.25, 0.3) is 5.91 Å². The van der Waals surface area contributed by atoms with Crippen molar-refractivity contribution in [2.45, 2.75) is 62.8 Å². The van der Waals surface area contributed by atoms with E-state index in [0.29, 0.717) is 6.54 Å². The number of aromatic nitrogens is 1. The van der Waals surface area contributed by atoms with Crippen LogP contribution in [0.1, 0.15) is 56.4 Å². The molecule has 3 aromatic rings. The summed E-state index contributed by atoms with van der Waals surface area (Å²) in [5.41, 5.74) is 1.82. The van der Waals surface area contributed by atoms with Gasteiger partial charge in [-0.2, -0.15) is 0 Å². The third kappa shape index (κ3) is 8.32. The number of fused-ring (bicyclic) bond motifs is 3. The molecule has 1 saturated carbocycles. The standard InChI is InChI=1S/C35H39N7O9S/c1-34(2,3)50-33(48)41-31-39-25(18-52-31)27(42-51-35(12-13-35)30(45)46)29(44)40-26-24(38-28(26)43)16-36-14-15-37-32(47)49-17-23-21-10-6-4-8-19(21)20-9-5-7-11-22(20)23/h4-11,18,23-24,26,36H,12-17H2,1-3H3,(H,37,47)(H,38,43)(H,40,44)(H,45,46)(H,39,41,48)/b42-27-/t24-,26+/m1/s1. The van der Waals surface area contributed by atoms with Crippen LogP contribution in [0.3, 0.4) is 0 Å². The number of β-lactam (4-membered cyclic amide) rings is 1. The maximum absolute atomic E-state index is 13.4. The molecular formula is C35H39N7O9S. The highest BCUT2D eigenvalue weighted by atomic mass is 32.1. The van der Waals surface area contributed by atoms with E-state index in [1.165, 1.54) is 5.38 Å². The van der Waals surface area contributed by atoms with Crippen molar-refractivity contribution in [3.8, 4) is 11.1 Å². The molecule has 3 aliphatic rings. The summed E-state index contributed by atoms with van der Waals surface area (Å²) in [4.78, 5) is 71.8. The summed E-state index contributed by atoms with van der Waals surface area (Å²) in [6.45, 7) is 6.15. The normalized spacial score (nSPS) is 18.5. The smallest absolute Gasteiger partial charge is 0.413 e. The molecule has 274 valence electrons. The first-order valence-electron chi connectivity index (χ1n) is 16.7. The van der Waals surface area contributed by atoms with Gasteiger partial charge in [-0.15, -0.1) is 11.3 Å². The first-order valence-corrected chi connectivity index (χ1v) is 17.6. The topological polar surface area (TPSA) is 219 Å². The number of nitrogens with zero attached hydrogens (tertiary/aromatic N) is 2. The number of benzene rings is 2. The molecule has 1 saturated heterocycles. The molecule has 6 N–H and O–H groups in total. The van der Waals surface area contributed by atoms with Gasteiger partial charge in [-0.25, -0.2) is 19.4 Å². The Labute approximate surface area is 302 Å². The van der Waals surface area contributed by atoms with Gasteiger partial charge in [0.2, 0.25) is 11.5 Å². The van der Waals surface area contributed by atoms with Crippen molar-refractivity contribution in [3.63, 3.8) is 0 Å². The van der Waals surface area contributed by atoms with Crippen LogP contribution in [0.4, 0.5) is 14.7 Å². The van der Waals surface area contributed by atoms with E-state index < -0.39 is 53.3 Å². The van der Waals surface area contributed by atoms with Crippen LogP contribution in [0.5, 0.6) is 0 Å². The highest BCUT2D eigenvalue weighted by Gasteiger charge is 2.55. The van der Waals surface area contributed by atoms with Gasteiger partial charge < -0.3 is 40.7 Å². The van der Waals surface area contributed by atoms with Gasteiger partial charge in [-0.1, -0.05) is 53.7 Å². The van der Waals surface area contributed by atoms with Gasteiger partial charge in [0, 0.05) is 43.8 Å². The fourth-order valence-electron chi connectivity index (χ4n) is 5.77. The van der Waals surface area contributed by atoms with Gasteiger partial charge in [-0.05, 0) is 43.0 Å². The number of aliphatic carboxylic acids is 1. The fraction of sp³-hybridized carbons (Fsp3) is 0.400. The highest BCUT2D eigenvalue weighted by molar-refractivity contribution is 7.14. The minimum atomic E-state index is -1.55. The van der Waals surface area contributed by atoms with Crippen molar-refractivity contribution in [2.75, 3.05) is 31.6 Å². The number of anilines is 1. The first-order chi connectivity index (χ1) is 24.8. The summed E-state index contributed by atoms with van der Waals surface area (Å²) in [7, 11) is 0. The molecule has 0 radical (unpaired) electrons. The van der Waals surface area contributed by atoms with E-state index in [9.17, 15) is 29.1 Å². The van der Waals surface area contributed by atoms with Crippen molar-refractivity contribution in [3.05, 3.63) is 70.7 Å². The summed E-state index contributed by atoms with van der Waals surface area (Å²) >= 11 is 0.982. The molecule has 2 fully saturated rings. The summed E-state index contributed by atoms with van der Waals surface area (Å²) < 4.78 is 10.8. The van der Waals surface area contributed by atoms with Crippen LogP contribution in [0.2, 0.25) is 0 Å². The number of rotatable bonds is 14. The molecule has 2 heterocycles. The Balaban J connectivity index is 0.982. The second-order valence-corrected chi connectivity index (χ2v) is 14.4. The van der Waals surface area contributed by atoms with Gasteiger partial charge in [0.1, 0.15) is 23.9 Å². The van der Waals surface area contributed by atoms with Crippen molar-refractivity contribution < 1.29 is 43.4 Å². The predicted molar refractivity (Wildman–Crippen MR) is 189 cm³/mol. The Kier molecular flexibility index (Phi) is 10.4. The van der Waals surface area contributed by atoms with E-state index in [1.807, 2.05) is 36.4 Å². The number of amides is 4. The van der Waals surface area contributed by atoms with E-state index in [0.717, 1.165) is 33.6 Å². The fourth-order valence-corrected chi connectivity index (χ4v) is 6.45. The van der Waals surface area contributed by atoms with Gasteiger partial charge in [0.15, 0.2) is 10.8 Å². The SMILES string of the molecule is CC(C)(C)OC(=O)Nc1nc(/C(=N/OC2(C(=O)O)CC2)C(=O)N[C@@H]2C(=O)N[C@@H]2CNCCNC(=O)OCC2c3ccccc3-c3ccccc32)cs1. The zero-order valence-corrected chi connectivity index (χ0v) is 29.5. The van der Waals surface area contributed by atoms with E-state index in [1.54, 1.807) is 20.8 Å². The van der Waals surface area contributed by atoms with Crippen LogP contribution in [-0.2, 0) is 28.7 Å². The third-order valence-electron chi connectivity index (χ3n) is 8.55. The number of carboxylic acid groups (broad SMARTS) is 1. The molecule has 17 heteroatoms. The molecule has 0 bridgehead atoms. The number of carbonyl (C=O) groups excluding carboxylic acids is 4. The lowest BCUT2D eigenvalue weighted by Gasteiger charge is -2.37. The number of alkyl carbamates (subject to hydrolysis) is 1. The number of oxime groups is 1. The summed E-state index contributed by atoms with van der Waals surface area (Å²) in [5.74, 6) is -2.55. The average molecular weight is 734 g/mol. The first kappa shape index (κ1) is 36.2. The van der Waals surface area contributed by atoms with E-state index in [4.69, 9.17) is 14.3 Å². The molecule has 2 aliphatic carbocycles. The van der Waals surface area contributed by atoms with Crippen molar-refractivity contribution in [1.29, 1.82) is 0 Å². The number of nitrogens with one attached hydrogen (secondary N) is 5. The molecular weight excluding hydrogens is 694 g/mol. The van der Waals surface area contributed by atoms with Crippen LogP contribution in [-0.4, -0.2) is 95.3 Å². The molecule has 52 heavy (non-hydrogen) atoms. The monoisotopic (exact) mass is 733 g/mol. The minimum absolute atomic E-state index is 0.0107. The maximum atomic E-state index is 13.4. The zero-order chi connectivity index (χ0) is 37.0. The van der Waals surface area contributed by atoms with E-state index in [2.05, 4.69) is 48.9 Å². The van der Waals surface area contributed by atoms with Gasteiger partial charge in [0.05, 0.1) is 6.04 Å². The number of carboxylic acids is 1. The Morgan fingerprint density at radius 1 is 1.02 bits per heavy atom. The average Bonchev–Trinajstić information content (AvgIpc) is 3.65. The Morgan fingerprint density at radius 3 is 2.31 bits per heavy atom. The van der Waals surface area contributed by atoms with Crippen LogP contribution >= 0.6 is 11.3 Å². The second kappa shape index (κ2) is 15.0. The Morgan fingerprint density at radius 2 is 1.69 bits per heavy atom. The molecule has 16 nitrogen and oxygen atoms in total. The molecule has 0 unspecified atom stereocenters. The molecule has 6 rings (SSSR count).